The number of rotatable bonds is 0. The van der Waals surface area contributed by atoms with Gasteiger partial charge < -0.3 is 0 Å². The first-order valence-electron chi connectivity index (χ1n) is 12.2. The number of benzene rings is 2. The normalized spacial score (nSPS) is 16.6. The molecule has 4 heteroatoms. The van der Waals surface area contributed by atoms with Crippen LogP contribution in [-0.4, -0.2) is 21.2 Å². The van der Waals surface area contributed by atoms with Crippen molar-refractivity contribution in [2.45, 2.75) is 77.0 Å². The largest absolute Gasteiger partial charge is 0.292 e. The highest BCUT2D eigenvalue weighted by Crippen LogP contribution is 2.21. The molecule has 4 bridgehead atoms. The van der Waals surface area contributed by atoms with Gasteiger partial charge in [0.25, 0.3) is 0 Å². The van der Waals surface area contributed by atoms with Crippen molar-refractivity contribution < 1.29 is 4.79 Å². The Labute approximate surface area is 191 Å². The average Bonchev–Trinajstić information content (AvgIpc) is 2.83. The summed E-state index contributed by atoms with van der Waals surface area (Å²) in [5.74, 6) is -0.00707. The van der Waals surface area contributed by atoms with Crippen LogP contribution in [0.25, 0.3) is 11.3 Å². The SMILES string of the molecule is O=C1Cc2ccccc2CCCCCCCCCCCc2ccc(cc2)-c2cc1nnn2. The summed E-state index contributed by atoms with van der Waals surface area (Å²) in [5.41, 5.74) is 5.79. The van der Waals surface area contributed by atoms with E-state index in [0.29, 0.717) is 17.8 Å². The first-order valence-corrected chi connectivity index (χ1v) is 12.2. The molecule has 1 heterocycles. The fourth-order valence-electron chi connectivity index (χ4n) is 4.54. The predicted molar refractivity (Wildman–Crippen MR) is 129 cm³/mol. The second kappa shape index (κ2) is 11.7. The van der Waals surface area contributed by atoms with Gasteiger partial charge in [-0.2, -0.15) is 0 Å². The van der Waals surface area contributed by atoms with Crippen LogP contribution in [0.15, 0.2) is 54.6 Å². The van der Waals surface area contributed by atoms with Gasteiger partial charge in [-0.3, -0.25) is 4.79 Å². The zero-order valence-corrected chi connectivity index (χ0v) is 18.9. The zero-order chi connectivity index (χ0) is 22.0. The van der Waals surface area contributed by atoms with Gasteiger partial charge >= 0.3 is 0 Å². The maximum atomic E-state index is 13.0. The fourth-order valence-corrected chi connectivity index (χ4v) is 4.54. The Balaban J connectivity index is 1.54. The lowest BCUT2D eigenvalue weighted by atomic mass is 9.96. The number of hydrogen-bond donors (Lipinski definition) is 0. The molecule has 0 spiro atoms. The van der Waals surface area contributed by atoms with Crippen LogP contribution in [0.1, 0.15) is 85.0 Å². The van der Waals surface area contributed by atoms with Gasteiger partial charge in [-0.15, -0.1) is 10.2 Å². The van der Waals surface area contributed by atoms with Crippen molar-refractivity contribution in [1.82, 2.24) is 15.4 Å². The van der Waals surface area contributed by atoms with E-state index in [0.717, 1.165) is 24.0 Å². The summed E-state index contributed by atoms with van der Waals surface area (Å²) in [7, 11) is 0. The maximum Gasteiger partial charge on any atom is 0.187 e. The number of fused-ring (bicyclic) bond motifs is 13. The van der Waals surface area contributed by atoms with E-state index in [1.165, 1.54) is 68.9 Å². The highest BCUT2D eigenvalue weighted by atomic mass is 16.1. The number of hydrogen-bond acceptors (Lipinski definition) is 4. The molecular formula is C28H33N3O. The number of ketones is 1. The third-order valence-corrected chi connectivity index (χ3v) is 6.49. The van der Waals surface area contributed by atoms with Crippen molar-refractivity contribution in [3.05, 3.63) is 77.0 Å². The lowest BCUT2D eigenvalue weighted by Crippen LogP contribution is -2.10. The molecule has 0 aliphatic heterocycles. The molecule has 0 atom stereocenters. The molecule has 32 heavy (non-hydrogen) atoms. The van der Waals surface area contributed by atoms with Gasteiger partial charge in [0.1, 0.15) is 5.69 Å². The monoisotopic (exact) mass is 427 g/mol. The van der Waals surface area contributed by atoms with Gasteiger partial charge in [0, 0.05) is 12.0 Å². The van der Waals surface area contributed by atoms with Crippen LogP contribution in [0, 0.1) is 0 Å². The molecular weight excluding hydrogens is 394 g/mol. The minimum absolute atomic E-state index is 0.00707. The number of nitrogens with zero attached hydrogens (tertiary/aromatic N) is 3. The van der Waals surface area contributed by atoms with Crippen molar-refractivity contribution in [2.24, 2.45) is 0 Å². The molecule has 0 N–H and O–H groups in total. The average molecular weight is 428 g/mol. The minimum atomic E-state index is -0.00707. The summed E-state index contributed by atoms with van der Waals surface area (Å²) >= 11 is 0. The van der Waals surface area contributed by atoms with E-state index in [9.17, 15) is 4.79 Å². The summed E-state index contributed by atoms with van der Waals surface area (Å²) in [6.45, 7) is 0. The second-order valence-corrected chi connectivity index (χ2v) is 8.95. The molecule has 4 nitrogen and oxygen atoms in total. The molecule has 166 valence electrons. The molecule has 1 aromatic heterocycles. The molecule has 0 amide bonds. The number of aryl methyl sites for hydroxylation is 2. The summed E-state index contributed by atoms with van der Waals surface area (Å²) in [5, 5.41) is 12.1. The Hall–Kier alpha value is -2.88. The molecule has 0 radical (unpaired) electrons. The van der Waals surface area contributed by atoms with Crippen molar-refractivity contribution in [3.8, 4) is 11.3 Å². The minimum Gasteiger partial charge on any atom is -0.292 e. The third kappa shape index (κ3) is 6.32. The predicted octanol–water partition coefficient (Wildman–Crippen LogP) is 6.57. The summed E-state index contributed by atoms with van der Waals surface area (Å²) in [6.07, 6.45) is 14.2. The van der Waals surface area contributed by atoms with Crippen molar-refractivity contribution in [1.29, 1.82) is 0 Å². The number of carbonyl (C=O) groups excluding carboxylic acids is 1. The number of Topliss-reactive ketones (excluding diaryl/α,β-unsaturated/α-hetero) is 1. The van der Waals surface area contributed by atoms with Crippen LogP contribution in [0.2, 0.25) is 0 Å². The summed E-state index contributed by atoms with van der Waals surface area (Å²) in [6, 6.07) is 18.6. The standard InChI is InChI=1S/C28H33N3O/c32-28-20-25-15-11-10-14-23(25)13-9-7-5-3-1-2-4-6-8-12-22-16-18-24(19-17-22)26-21-27(28)30-31-29-26/h10-11,14-19,21H,1-9,12-13,20H2. The topological polar surface area (TPSA) is 55.7 Å². The molecule has 2 aromatic carbocycles. The Morgan fingerprint density at radius 3 is 1.91 bits per heavy atom. The van der Waals surface area contributed by atoms with Crippen LogP contribution in [0.4, 0.5) is 0 Å². The molecule has 5 rings (SSSR count). The summed E-state index contributed by atoms with van der Waals surface area (Å²) in [4.78, 5) is 13.0. The first kappa shape index (κ1) is 22.3. The Bertz CT molecular complexity index is 1010. The lowest BCUT2D eigenvalue weighted by Gasteiger charge is -2.10. The van der Waals surface area contributed by atoms with Crippen molar-refractivity contribution in [2.75, 3.05) is 0 Å². The molecule has 2 aliphatic carbocycles. The van der Waals surface area contributed by atoms with Gasteiger partial charge in [0.05, 0.1) is 5.69 Å². The molecule has 0 fully saturated rings. The number of carbonyl (C=O) groups is 1. The summed E-state index contributed by atoms with van der Waals surface area (Å²) < 4.78 is 0. The van der Waals surface area contributed by atoms with E-state index < -0.39 is 0 Å². The molecule has 0 saturated carbocycles. The third-order valence-electron chi connectivity index (χ3n) is 6.49. The Kier molecular flexibility index (Phi) is 8.13. The molecule has 3 aromatic rings. The van der Waals surface area contributed by atoms with E-state index >= 15 is 0 Å². The highest BCUT2D eigenvalue weighted by Gasteiger charge is 2.14. The first-order chi connectivity index (χ1) is 15.8. The van der Waals surface area contributed by atoms with Crippen molar-refractivity contribution >= 4 is 5.78 Å². The van der Waals surface area contributed by atoms with E-state index in [2.05, 4.69) is 57.9 Å². The van der Waals surface area contributed by atoms with Gasteiger partial charge in [-0.05, 0) is 53.7 Å². The Morgan fingerprint density at radius 2 is 1.19 bits per heavy atom. The van der Waals surface area contributed by atoms with E-state index in [4.69, 9.17) is 0 Å². The van der Waals surface area contributed by atoms with Gasteiger partial charge in [0.15, 0.2) is 5.78 Å². The highest BCUT2D eigenvalue weighted by molar-refractivity contribution is 5.96. The van der Waals surface area contributed by atoms with Gasteiger partial charge in [-0.1, -0.05) is 93.5 Å². The molecule has 2 aliphatic rings. The van der Waals surface area contributed by atoms with E-state index in [-0.39, 0.29) is 5.78 Å². The van der Waals surface area contributed by atoms with Gasteiger partial charge in [0.2, 0.25) is 0 Å². The Morgan fingerprint density at radius 1 is 0.594 bits per heavy atom. The quantitative estimate of drug-likeness (QED) is 0.407. The van der Waals surface area contributed by atoms with Crippen LogP contribution in [0.3, 0.4) is 0 Å². The number of aromatic nitrogens is 3. The van der Waals surface area contributed by atoms with Crippen LogP contribution < -0.4 is 0 Å². The van der Waals surface area contributed by atoms with Crippen molar-refractivity contribution in [3.63, 3.8) is 0 Å². The van der Waals surface area contributed by atoms with Crippen LogP contribution in [0.5, 0.6) is 0 Å². The molecule has 0 unspecified atom stereocenters. The fraction of sp³-hybridized carbons (Fsp3) is 0.429. The smallest absolute Gasteiger partial charge is 0.187 e. The lowest BCUT2D eigenvalue weighted by molar-refractivity contribution is 0.0986. The van der Waals surface area contributed by atoms with E-state index in [1.807, 2.05) is 6.07 Å². The van der Waals surface area contributed by atoms with Crippen LogP contribution in [-0.2, 0) is 19.3 Å². The van der Waals surface area contributed by atoms with Crippen LogP contribution >= 0.6 is 0 Å². The second-order valence-electron chi connectivity index (χ2n) is 8.95. The van der Waals surface area contributed by atoms with E-state index in [1.54, 1.807) is 6.07 Å². The zero-order valence-electron chi connectivity index (χ0n) is 18.9. The maximum absolute atomic E-state index is 13.0. The van der Waals surface area contributed by atoms with Gasteiger partial charge in [-0.25, -0.2) is 0 Å². The molecule has 0 saturated heterocycles.